The molecule has 0 aromatic heterocycles. The van der Waals surface area contributed by atoms with Crippen molar-refractivity contribution in [3.63, 3.8) is 0 Å². The van der Waals surface area contributed by atoms with Crippen LogP contribution in [0, 0.1) is 0 Å². The minimum absolute atomic E-state index is 0.127. The lowest BCUT2D eigenvalue weighted by molar-refractivity contribution is -0.137. The number of hydrogen-bond donors (Lipinski definition) is 2. The molecule has 0 radical (unpaired) electrons. The van der Waals surface area contributed by atoms with E-state index in [4.69, 9.17) is 0 Å². The van der Waals surface area contributed by atoms with Crippen molar-refractivity contribution in [2.45, 2.75) is 32.5 Å². The minimum Gasteiger partial charge on any atom is -0.350 e. The summed E-state index contributed by atoms with van der Waals surface area (Å²) < 4.78 is 37.3. The highest BCUT2D eigenvalue weighted by atomic mass is 19.4. The summed E-state index contributed by atoms with van der Waals surface area (Å²) in [4.78, 5) is 11.6. The zero-order chi connectivity index (χ0) is 15.2. The molecule has 1 aromatic carbocycles. The number of carbonyl (C=O) groups is 1. The number of benzene rings is 1. The van der Waals surface area contributed by atoms with Gasteiger partial charge in [-0.25, -0.2) is 0 Å². The molecule has 0 aliphatic heterocycles. The molecule has 0 aliphatic rings. The highest BCUT2D eigenvalue weighted by Gasteiger charge is 2.30. The molecule has 2 N–H and O–H groups in total. The molecule has 0 bridgehead atoms. The fraction of sp³-hybridized carbons (Fsp3) is 0.500. The zero-order valence-corrected chi connectivity index (χ0v) is 11.6. The molecule has 6 heteroatoms. The maximum atomic E-state index is 12.4. The standard InChI is InChI=1S/C14H19F3N2O/c1-3-18-9-8-13(20)19-10(2)11-4-6-12(7-5-11)14(15,16)17/h4-7,10,18H,3,8-9H2,1-2H3,(H,19,20). The molecule has 1 rings (SSSR count). The summed E-state index contributed by atoms with van der Waals surface area (Å²) in [7, 11) is 0. The van der Waals surface area contributed by atoms with Crippen molar-refractivity contribution in [1.29, 1.82) is 0 Å². The second-order valence-electron chi connectivity index (χ2n) is 4.51. The van der Waals surface area contributed by atoms with Crippen molar-refractivity contribution >= 4 is 5.91 Å². The monoisotopic (exact) mass is 288 g/mol. The van der Waals surface area contributed by atoms with Gasteiger partial charge in [0.05, 0.1) is 11.6 Å². The Bertz CT molecular complexity index is 429. The van der Waals surface area contributed by atoms with Crippen LogP contribution in [0.2, 0.25) is 0 Å². The molecule has 0 spiro atoms. The number of amides is 1. The van der Waals surface area contributed by atoms with Crippen molar-refractivity contribution in [3.05, 3.63) is 35.4 Å². The van der Waals surface area contributed by atoms with E-state index < -0.39 is 11.7 Å². The average Bonchev–Trinajstić information content (AvgIpc) is 2.38. The number of halogens is 3. The minimum atomic E-state index is -4.34. The lowest BCUT2D eigenvalue weighted by atomic mass is 10.1. The third-order valence-electron chi connectivity index (χ3n) is 2.89. The highest BCUT2D eigenvalue weighted by Crippen LogP contribution is 2.29. The van der Waals surface area contributed by atoms with E-state index in [-0.39, 0.29) is 11.9 Å². The predicted octanol–water partition coefficient (Wildman–Crippen LogP) is 2.88. The summed E-state index contributed by atoms with van der Waals surface area (Å²) in [6, 6.07) is 4.51. The molecular weight excluding hydrogens is 269 g/mol. The van der Waals surface area contributed by atoms with Gasteiger partial charge in [-0.1, -0.05) is 19.1 Å². The SMILES string of the molecule is CCNCCC(=O)NC(C)c1ccc(C(F)(F)F)cc1. The van der Waals surface area contributed by atoms with Crippen molar-refractivity contribution in [2.24, 2.45) is 0 Å². The van der Waals surface area contributed by atoms with E-state index in [1.807, 2.05) is 6.92 Å². The van der Waals surface area contributed by atoms with E-state index >= 15 is 0 Å². The molecule has 1 atom stereocenters. The number of carbonyl (C=O) groups excluding carboxylic acids is 1. The van der Waals surface area contributed by atoms with Crippen LogP contribution >= 0.6 is 0 Å². The molecule has 0 saturated heterocycles. The summed E-state index contributed by atoms with van der Waals surface area (Å²) in [6.45, 7) is 5.07. The third kappa shape index (κ3) is 5.21. The van der Waals surface area contributed by atoms with Crippen LogP contribution in [0.15, 0.2) is 24.3 Å². The van der Waals surface area contributed by atoms with Gasteiger partial charge in [0.25, 0.3) is 0 Å². The lowest BCUT2D eigenvalue weighted by Gasteiger charge is -2.15. The van der Waals surface area contributed by atoms with Gasteiger partial charge in [-0.05, 0) is 31.2 Å². The Morgan fingerprint density at radius 1 is 1.25 bits per heavy atom. The molecular formula is C14H19F3N2O. The van der Waals surface area contributed by atoms with Gasteiger partial charge in [-0.2, -0.15) is 13.2 Å². The summed E-state index contributed by atoms with van der Waals surface area (Å²) in [5.74, 6) is -0.127. The van der Waals surface area contributed by atoms with Crippen LogP contribution in [0.4, 0.5) is 13.2 Å². The van der Waals surface area contributed by atoms with E-state index in [1.165, 1.54) is 12.1 Å². The second-order valence-corrected chi connectivity index (χ2v) is 4.51. The molecule has 1 amide bonds. The Labute approximate surface area is 116 Å². The van der Waals surface area contributed by atoms with Gasteiger partial charge in [0.2, 0.25) is 5.91 Å². The molecule has 0 heterocycles. The number of nitrogens with one attached hydrogen (secondary N) is 2. The second kappa shape index (κ2) is 7.28. The Morgan fingerprint density at radius 2 is 1.85 bits per heavy atom. The van der Waals surface area contributed by atoms with E-state index in [9.17, 15) is 18.0 Å². The van der Waals surface area contributed by atoms with Crippen LogP contribution in [0.1, 0.15) is 37.4 Å². The highest BCUT2D eigenvalue weighted by molar-refractivity contribution is 5.76. The molecule has 0 aliphatic carbocycles. The first-order valence-corrected chi connectivity index (χ1v) is 6.51. The van der Waals surface area contributed by atoms with Gasteiger partial charge in [-0.15, -0.1) is 0 Å². The van der Waals surface area contributed by atoms with Crippen molar-refractivity contribution in [3.8, 4) is 0 Å². The Morgan fingerprint density at radius 3 is 2.35 bits per heavy atom. The molecule has 20 heavy (non-hydrogen) atoms. The van der Waals surface area contributed by atoms with Crippen molar-refractivity contribution in [2.75, 3.05) is 13.1 Å². The molecule has 0 fully saturated rings. The van der Waals surface area contributed by atoms with Gasteiger partial charge >= 0.3 is 6.18 Å². The molecule has 1 unspecified atom stereocenters. The van der Waals surface area contributed by atoms with Crippen molar-refractivity contribution < 1.29 is 18.0 Å². The molecule has 3 nitrogen and oxygen atoms in total. The first-order chi connectivity index (χ1) is 9.34. The summed E-state index contributed by atoms with van der Waals surface area (Å²) >= 11 is 0. The number of alkyl halides is 3. The zero-order valence-electron chi connectivity index (χ0n) is 11.6. The first kappa shape index (κ1) is 16.5. The normalized spacial score (nSPS) is 13.1. The van der Waals surface area contributed by atoms with E-state index in [0.29, 0.717) is 18.5 Å². The van der Waals surface area contributed by atoms with Gasteiger partial charge < -0.3 is 10.6 Å². The van der Waals surface area contributed by atoms with E-state index in [1.54, 1.807) is 6.92 Å². The van der Waals surface area contributed by atoms with E-state index in [0.717, 1.165) is 18.7 Å². The topological polar surface area (TPSA) is 41.1 Å². The van der Waals surface area contributed by atoms with Gasteiger partial charge in [-0.3, -0.25) is 4.79 Å². The Hall–Kier alpha value is -1.56. The van der Waals surface area contributed by atoms with Crippen molar-refractivity contribution in [1.82, 2.24) is 10.6 Å². The number of hydrogen-bond acceptors (Lipinski definition) is 2. The smallest absolute Gasteiger partial charge is 0.350 e. The van der Waals surface area contributed by atoms with Crippen LogP contribution in [0.25, 0.3) is 0 Å². The fourth-order valence-electron chi connectivity index (χ4n) is 1.74. The maximum absolute atomic E-state index is 12.4. The average molecular weight is 288 g/mol. The van der Waals surface area contributed by atoms with Gasteiger partial charge in [0.1, 0.15) is 0 Å². The Balaban J connectivity index is 2.55. The van der Waals surface area contributed by atoms with Gasteiger partial charge in [0.15, 0.2) is 0 Å². The summed E-state index contributed by atoms with van der Waals surface area (Å²) in [5, 5.41) is 5.78. The maximum Gasteiger partial charge on any atom is 0.416 e. The van der Waals surface area contributed by atoms with E-state index in [2.05, 4.69) is 10.6 Å². The quantitative estimate of drug-likeness (QED) is 0.790. The summed E-state index contributed by atoms with van der Waals surface area (Å²) in [6.07, 6.45) is -3.99. The van der Waals surface area contributed by atoms with Crippen LogP contribution in [-0.4, -0.2) is 19.0 Å². The molecule has 1 aromatic rings. The fourth-order valence-corrected chi connectivity index (χ4v) is 1.74. The first-order valence-electron chi connectivity index (χ1n) is 6.51. The molecule has 112 valence electrons. The lowest BCUT2D eigenvalue weighted by Crippen LogP contribution is -2.29. The predicted molar refractivity (Wildman–Crippen MR) is 71.2 cm³/mol. The third-order valence-corrected chi connectivity index (χ3v) is 2.89. The molecule has 0 saturated carbocycles. The number of rotatable bonds is 6. The van der Waals surface area contributed by atoms with Crippen LogP contribution in [-0.2, 0) is 11.0 Å². The van der Waals surface area contributed by atoms with Gasteiger partial charge in [0, 0.05) is 13.0 Å². The summed E-state index contributed by atoms with van der Waals surface area (Å²) in [5.41, 5.74) is -0.0401. The van der Waals surface area contributed by atoms with Crippen LogP contribution in [0.3, 0.4) is 0 Å². The Kier molecular flexibility index (Phi) is 6.01. The van der Waals surface area contributed by atoms with Crippen LogP contribution in [0.5, 0.6) is 0 Å². The van der Waals surface area contributed by atoms with Crippen LogP contribution < -0.4 is 10.6 Å². The largest absolute Gasteiger partial charge is 0.416 e.